The minimum absolute atomic E-state index is 0. The van der Waals surface area contributed by atoms with E-state index in [9.17, 15) is 0 Å². The molecule has 0 spiro atoms. The summed E-state index contributed by atoms with van der Waals surface area (Å²) in [7, 11) is 0. The Balaban J connectivity index is 0.00000169. The third kappa shape index (κ3) is 3.66. The summed E-state index contributed by atoms with van der Waals surface area (Å²) in [5, 5.41) is 7.01. The Morgan fingerprint density at radius 3 is 2.57 bits per heavy atom. The zero-order valence-corrected chi connectivity index (χ0v) is 9.15. The number of hydrogen-bond acceptors (Lipinski definition) is 2. The fourth-order valence-electron chi connectivity index (χ4n) is 1.12. The van der Waals surface area contributed by atoms with Gasteiger partial charge in [-0.3, -0.25) is 5.41 Å². The molecule has 78 valence electrons. The van der Waals surface area contributed by atoms with Crippen molar-refractivity contribution in [2.24, 2.45) is 5.73 Å². The van der Waals surface area contributed by atoms with Crippen molar-refractivity contribution in [1.82, 2.24) is 0 Å². The fourth-order valence-corrected chi connectivity index (χ4v) is 1.12. The van der Waals surface area contributed by atoms with E-state index < -0.39 is 0 Å². The maximum atomic E-state index is 7.01. The molecule has 14 heavy (non-hydrogen) atoms. The van der Waals surface area contributed by atoms with Gasteiger partial charge in [0.1, 0.15) is 18.2 Å². The number of nitrogens with two attached hydrogens (primary N) is 1. The molecular formula is C10H15ClN2O. The van der Waals surface area contributed by atoms with Crippen molar-refractivity contribution < 1.29 is 4.74 Å². The number of halogens is 1. The highest BCUT2D eigenvalue weighted by atomic mass is 35.5. The summed E-state index contributed by atoms with van der Waals surface area (Å²) in [6.07, 6.45) is 0. The molecule has 0 aromatic heterocycles. The van der Waals surface area contributed by atoms with Crippen molar-refractivity contribution in [2.45, 2.75) is 13.8 Å². The topological polar surface area (TPSA) is 59.1 Å². The van der Waals surface area contributed by atoms with E-state index in [1.54, 1.807) is 0 Å². The largest absolute Gasteiger partial charge is 0.485 e. The van der Waals surface area contributed by atoms with Gasteiger partial charge in [0, 0.05) is 0 Å². The van der Waals surface area contributed by atoms with E-state index >= 15 is 0 Å². The lowest BCUT2D eigenvalue weighted by Gasteiger charge is -2.08. The molecular weight excluding hydrogens is 200 g/mol. The minimum Gasteiger partial charge on any atom is -0.485 e. The fraction of sp³-hybridized carbons (Fsp3) is 0.300. The van der Waals surface area contributed by atoms with Crippen molar-refractivity contribution in [3.05, 3.63) is 29.3 Å². The van der Waals surface area contributed by atoms with Crippen LogP contribution in [0.15, 0.2) is 18.2 Å². The summed E-state index contributed by atoms with van der Waals surface area (Å²) in [6, 6.07) is 5.91. The highest BCUT2D eigenvalue weighted by molar-refractivity contribution is 5.85. The van der Waals surface area contributed by atoms with Crippen LogP contribution in [0.2, 0.25) is 0 Å². The molecule has 3 nitrogen and oxygen atoms in total. The lowest BCUT2D eigenvalue weighted by Crippen LogP contribution is -2.19. The molecule has 0 fully saturated rings. The van der Waals surface area contributed by atoms with Crippen LogP contribution in [0.5, 0.6) is 5.75 Å². The molecule has 0 saturated heterocycles. The van der Waals surface area contributed by atoms with Crippen molar-refractivity contribution in [3.63, 3.8) is 0 Å². The summed E-state index contributed by atoms with van der Waals surface area (Å²) in [5.41, 5.74) is 7.45. The molecule has 0 amide bonds. The molecule has 0 radical (unpaired) electrons. The van der Waals surface area contributed by atoms with E-state index in [4.69, 9.17) is 15.9 Å². The molecule has 1 rings (SSSR count). The van der Waals surface area contributed by atoms with Gasteiger partial charge in [-0.1, -0.05) is 17.7 Å². The highest BCUT2D eigenvalue weighted by Gasteiger charge is 1.99. The summed E-state index contributed by atoms with van der Waals surface area (Å²) >= 11 is 0. The summed E-state index contributed by atoms with van der Waals surface area (Å²) in [5.74, 6) is 0.834. The molecule has 4 heteroatoms. The molecule has 0 aliphatic carbocycles. The van der Waals surface area contributed by atoms with Gasteiger partial charge >= 0.3 is 0 Å². The molecule has 0 aliphatic heterocycles. The second kappa shape index (κ2) is 5.50. The molecule has 0 bridgehead atoms. The van der Waals surface area contributed by atoms with E-state index in [2.05, 4.69) is 0 Å². The highest BCUT2D eigenvalue weighted by Crippen LogP contribution is 2.18. The average molecular weight is 215 g/mol. The number of amidine groups is 1. The second-order valence-corrected chi connectivity index (χ2v) is 3.08. The van der Waals surface area contributed by atoms with E-state index in [0.717, 1.165) is 11.3 Å². The van der Waals surface area contributed by atoms with Gasteiger partial charge in [-0.15, -0.1) is 12.4 Å². The zero-order valence-electron chi connectivity index (χ0n) is 8.33. The summed E-state index contributed by atoms with van der Waals surface area (Å²) in [6.45, 7) is 4.16. The van der Waals surface area contributed by atoms with Crippen LogP contribution in [-0.4, -0.2) is 12.4 Å². The van der Waals surface area contributed by atoms with Gasteiger partial charge in [0.2, 0.25) is 0 Å². The van der Waals surface area contributed by atoms with Gasteiger partial charge in [0.05, 0.1) is 0 Å². The second-order valence-electron chi connectivity index (χ2n) is 3.08. The van der Waals surface area contributed by atoms with Gasteiger partial charge in [0.25, 0.3) is 0 Å². The van der Waals surface area contributed by atoms with Crippen LogP contribution in [0, 0.1) is 19.3 Å². The van der Waals surface area contributed by atoms with Gasteiger partial charge < -0.3 is 10.5 Å². The van der Waals surface area contributed by atoms with E-state index in [1.165, 1.54) is 5.56 Å². The first-order valence-corrected chi connectivity index (χ1v) is 4.12. The summed E-state index contributed by atoms with van der Waals surface area (Å²) in [4.78, 5) is 0. The molecule has 1 aromatic carbocycles. The first-order chi connectivity index (χ1) is 6.09. The van der Waals surface area contributed by atoms with Crippen LogP contribution in [0.4, 0.5) is 0 Å². The Labute approximate surface area is 90.2 Å². The molecule has 3 N–H and O–H groups in total. The van der Waals surface area contributed by atoms with Crippen LogP contribution in [-0.2, 0) is 0 Å². The third-order valence-electron chi connectivity index (χ3n) is 1.71. The third-order valence-corrected chi connectivity index (χ3v) is 1.71. The predicted molar refractivity (Wildman–Crippen MR) is 60.6 cm³/mol. The van der Waals surface area contributed by atoms with Crippen LogP contribution in [0.1, 0.15) is 11.1 Å². The van der Waals surface area contributed by atoms with Crippen LogP contribution < -0.4 is 10.5 Å². The molecule has 1 aromatic rings. The predicted octanol–water partition coefficient (Wildman–Crippen LogP) is 2.04. The number of nitrogens with one attached hydrogen (secondary N) is 1. The first kappa shape index (κ1) is 12.8. The van der Waals surface area contributed by atoms with Crippen molar-refractivity contribution in [2.75, 3.05) is 6.61 Å². The minimum atomic E-state index is 0. The van der Waals surface area contributed by atoms with E-state index in [0.29, 0.717) is 0 Å². The Bertz CT molecular complexity index is 326. The lowest BCUT2D eigenvalue weighted by atomic mass is 10.1. The molecule has 0 atom stereocenters. The van der Waals surface area contributed by atoms with Gasteiger partial charge in [0.15, 0.2) is 0 Å². The standard InChI is InChI=1S/C10H14N2O.ClH/c1-7-3-4-9(8(2)5-7)13-6-10(11)12;/h3-5H,6H2,1-2H3,(H3,11,12);1H. The molecule has 0 heterocycles. The SMILES string of the molecule is Cc1ccc(OCC(=N)N)c(C)c1.Cl. The molecule has 0 saturated carbocycles. The zero-order chi connectivity index (χ0) is 9.84. The monoisotopic (exact) mass is 214 g/mol. The Morgan fingerprint density at radius 2 is 2.07 bits per heavy atom. The number of rotatable bonds is 3. The van der Waals surface area contributed by atoms with Crippen LogP contribution in [0.25, 0.3) is 0 Å². The Kier molecular flexibility index (Phi) is 5.02. The van der Waals surface area contributed by atoms with Crippen molar-refractivity contribution in [3.8, 4) is 5.75 Å². The van der Waals surface area contributed by atoms with Crippen molar-refractivity contribution in [1.29, 1.82) is 5.41 Å². The van der Waals surface area contributed by atoms with E-state index in [-0.39, 0.29) is 24.8 Å². The summed E-state index contributed by atoms with van der Waals surface area (Å²) < 4.78 is 5.30. The normalized spacial score (nSPS) is 9.00. The number of benzene rings is 1. The molecule has 0 unspecified atom stereocenters. The first-order valence-electron chi connectivity index (χ1n) is 4.12. The lowest BCUT2D eigenvalue weighted by molar-refractivity contribution is 0.371. The smallest absolute Gasteiger partial charge is 0.145 e. The maximum Gasteiger partial charge on any atom is 0.145 e. The Morgan fingerprint density at radius 1 is 1.43 bits per heavy atom. The number of aryl methyl sites for hydroxylation is 2. The van der Waals surface area contributed by atoms with Crippen molar-refractivity contribution >= 4 is 18.2 Å². The number of hydrogen-bond donors (Lipinski definition) is 2. The van der Waals surface area contributed by atoms with Gasteiger partial charge in [-0.2, -0.15) is 0 Å². The van der Waals surface area contributed by atoms with E-state index in [1.807, 2.05) is 32.0 Å². The Hall–Kier alpha value is -1.22. The van der Waals surface area contributed by atoms with Crippen LogP contribution in [0.3, 0.4) is 0 Å². The maximum absolute atomic E-state index is 7.01. The number of ether oxygens (including phenoxy) is 1. The van der Waals surface area contributed by atoms with Gasteiger partial charge in [-0.05, 0) is 25.5 Å². The van der Waals surface area contributed by atoms with Gasteiger partial charge in [-0.25, -0.2) is 0 Å². The average Bonchev–Trinajstić information content (AvgIpc) is 2.02. The quantitative estimate of drug-likeness (QED) is 0.598. The molecule has 0 aliphatic rings. The van der Waals surface area contributed by atoms with Crippen LogP contribution >= 0.6 is 12.4 Å².